The number of rotatable bonds is 0. The van der Waals surface area contributed by atoms with Crippen LogP contribution in [-0.2, 0) is 30.3 Å². The predicted molar refractivity (Wildman–Crippen MR) is 184 cm³/mol. The van der Waals surface area contributed by atoms with Gasteiger partial charge in [0.15, 0.2) is 11.2 Å². The van der Waals surface area contributed by atoms with Crippen LogP contribution in [0.25, 0.3) is 0 Å². The molecule has 4 amide bonds. The number of nitrogens with one attached hydrogen (secondary N) is 2. The van der Waals surface area contributed by atoms with E-state index in [1.807, 2.05) is 121 Å². The molecule has 4 aromatic rings. The molecule has 0 unspecified atom stereocenters. The molecule has 6 aliphatic rings. The van der Waals surface area contributed by atoms with E-state index in [0.717, 1.165) is 33.9 Å². The summed E-state index contributed by atoms with van der Waals surface area (Å²) in [7, 11) is 3.78. The van der Waals surface area contributed by atoms with Crippen LogP contribution >= 0.6 is 0 Å². The standard InChI is InChI=1S/2C19H17N3O3/c2*1-21-15-9-5-2-6-12(15)16(23)22-11-10-19(25-18(21)22)13-7-3-4-8-14(13)20-17(19)24/h2*2-9,18H,10-11H2,1H3,(H,20,24)/t2*18-,19-/m10/s1. The number of para-hydroxylation sites is 4. The monoisotopic (exact) mass is 670 g/mol. The van der Waals surface area contributed by atoms with E-state index in [0.29, 0.717) is 37.1 Å². The molecule has 12 heteroatoms. The maximum Gasteiger partial charge on any atom is 0.261 e. The second kappa shape index (κ2) is 10.9. The summed E-state index contributed by atoms with van der Waals surface area (Å²) in [6.07, 6.45) is -0.330. The molecule has 12 nitrogen and oxygen atoms in total. The lowest BCUT2D eigenvalue weighted by molar-refractivity contribution is -0.189. The van der Waals surface area contributed by atoms with Crippen LogP contribution in [0.4, 0.5) is 22.7 Å². The van der Waals surface area contributed by atoms with Gasteiger partial charge in [-0.3, -0.25) is 29.0 Å². The van der Waals surface area contributed by atoms with Crippen molar-refractivity contribution in [1.29, 1.82) is 0 Å². The molecule has 0 aliphatic carbocycles. The summed E-state index contributed by atoms with van der Waals surface area (Å²) in [5, 5.41) is 5.83. The third kappa shape index (κ3) is 4.12. The van der Waals surface area contributed by atoms with Crippen LogP contribution in [0.3, 0.4) is 0 Å². The first-order valence-corrected chi connectivity index (χ1v) is 16.7. The average molecular weight is 671 g/mol. The number of hydrogen-bond donors (Lipinski definition) is 2. The zero-order valence-corrected chi connectivity index (χ0v) is 27.5. The Balaban J connectivity index is 0.000000135. The Morgan fingerprint density at radius 3 is 1.38 bits per heavy atom. The summed E-state index contributed by atoms with van der Waals surface area (Å²) < 4.78 is 12.7. The van der Waals surface area contributed by atoms with Crippen LogP contribution in [0.2, 0.25) is 0 Å². The number of ether oxygens (including phenoxy) is 2. The Morgan fingerprint density at radius 1 is 0.560 bits per heavy atom. The fourth-order valence-electron chi connectivity index (χ4n) is 8.14. The first kappa shape index (κ1) is 30.3. The maximum absolute atomic E-state index is 12.8. The largest absolute Gasteiger partial charge is 0.331 e. The van der Waals surface area contributed by atoms with E-state index >= 15 is 0 Å². The minimum atomic E-state index is -1.04. The normalized spacial score (nSPS) is 27.0. The van der Waals surface area contributed by atoms with Crippen LogP contribution in [0, 0.1) is 0 Å². The minimum Gasteiger partial charge on any atom is -0.331 e. The highest BCUT2D eigenvalue weighted by Crippen LogP contribution is 2.48. The predicted octanol–water partition coefficient (Wildman–Crippen LogP) is 4.26. The highest BCUT2D eigenvalue weighted by molar-refractivity contribution is 6.07. The van der Waals surface area contributed by atoms with Crippen molar-refractivity contribution in [1.82, 2.24) is 9.80 Å². The second-order valence-electron chi connectivity index (χ2n) is 13.3. The minimum absolute atomic E-state index is 0.0553. The van der Waals surface area contributed by atoms with Crippen molar-refractivity contribution >= 4 is 46.4 Å². The summed E-state index contributed by atoms with van der Waals surface area (Å²) in [6, 6.07) is 30.1. The molecule has 0 bridgehead atoms. The molecule has 4 aromatic carbocycles. The molecule has 2 saturated heterocycles. The topological polar surface area (TPSA) is 124 Å². The Labute approximate surface area is 288 Å². The van der Waals surface area contributed by atoms with Crippen molar-refractivity contribution in [2.45, 2.75) is 36.7 Å². The van der Waals surface area contributed by atoms with Crippen molar-refractivity contribution in [3.63, 3.8) is 0 Å². The van der Waals surface area contributed by atoms with E-state index in [2.05, 4.69) is 10.6 Å². The van der Waals surface area contributed by atoms with Gasteiger partial charge >= 0.3 is 0 Å². The van der Waals surface area contributed by atoms with Crippen molar-refractivity contribution in [2.24, 2.45) is 0 Å². The van der Waals surface area contributed by atoms with Crippen LogP contribution in [0.1, 0.15) is 44.7 Å². The third-order valence-electron chi connectivity index (χ3n) is 10.7. The van der Waals surface area contributed by atoms with Gasteiger partial charge in [-0.15, -0.1) is 0 Å². The van der Waals surface area contributed by atoms with E-state index < -0.39 is 23.9 Å². The quantitative estimate of drug-likeness (QED) is 0.285. The molecule has 0 radical (unpaired) electrons. The van der Waals surface area contributed by atoms with Gasteiger partial charge in [0.05, 0.1) is 22.5 Å². The lowest BCUT2D eigenvalue weighted by Gasteiger charge is -2.50. The Bertz CT molecular complexity index is 1970. The number of fused-ring (bicyclic) bond motifs is 8. The molecule has 252 valence electrons. The van der Waals surface area contributed by atoms with Gasteiger partial charge in [-0.1, -0.05) is 60.7 Å². The third-order valence-corrected chi connectivity index (χ3v) is 10.7. The zero-order valence-electron chi connectivity index (χ0n) is 27.5. The Hall–Kier alpha value is -5.72. The zero-order chi connectivity index (χ0) is 34.4. The summed E-state index contributed by atoms with van der Waals surface area (Å²) in [5.41, 5.74) is 4.14. The smallest absolute Gasteiger partial charge is 0.261 e. The highest BCUT2D eigenvalue weighted by Gasteiger charge is 2.57. The first-order valence-electron chi connectivity index (χ1n) is 16.7. The fraction of sp³-hybridized carbons (Fsp3) is 0.263. The Kier molecular flexibility index (Phi) is 6.61. The van der Waals surface area contributed by atoms with Gasteiger partial charge in [-0.2, -0.15) is 0 Å². The van der Waals surface area contributed by atoms with Gasteiger partial charge < -0.3 is 29.9 Å². The van der Waals surface area contributed by atoms with E-state index in [1.54, 1.807) is 9.80 Å². The van der Waals surface area contributed by atoms with Crippen LogP contribution in [0.15, 0.2) is 97.1 Å². The van der Waals surface area contributed by atoms with Crippen molar-refractivity contribution in [3.8, 4) is 0 Å². The molecule has 50 heavy (non-hydrogen) atoms. The summed E-state index contributed by atoms with van der Waals surface area (Å²) >= 11 is 0. The van der Waals surface area contributed by atoms with E-state index in [-0.39, 0.29) is 23.6 Å². The molecule has 2 spiro atoms. The molecule has 0 saturated carbocycles. The van der Waals surface area contributed by atoms with Gasteiger partial charge in [-0.05, 0) is 36.4 Å². The van der Waals surface area contributed by atoms with Crippen molar-refractivity contribution in [2.75, 3.05) is 47.6 Å². The molecule has 4 atom stereocenters. The molecule has 0 aromatic heterocycles. The van der Waals surface area contributed by atoms with E-state index in [1.165, 1.54) is 0 Å². The molecule has 2 N–H and O–H groups in total. The molecule has 10 rings (SSSR count). The van der Waals surface area contributed by atoms with Gasteiger partial charge in [0.25, 0.3) is 23.6 Å². The first-order chi connectivity index (χ1) is 24.2. The molecular formula is C38H34N6O6. The Morgan fingerprint density at radius 2 is 0.940 bits per heavy atom. The fourth-order valence-corrected chi connectivity index (χ4v) is 8.14. The van der Waals surface area contributed by atoms with Crippen LogP contribution in [0.5, 0.6) is 0 Å². The molecule has 6 aliphatic heterocycles. The number of amides is 4. The van der Waals surface area contributed by atoms with Gasteiger partial charge in [0.2, 0.25) is 12.7 Å². The summed E-state index contributed by atoms with van der Waals surface area (Å²) in [5.74, 6) is -0.429. The maximum atomic E-state index is 12.8. The van der Waals surface area contributed by atoms with Gasteiger partial charge in [0, 0.05) is 62.5 Å². The average Bonchev–Trinajstić information content (AvgIpc) is 3.58. The number of anilines is 4. The summed E-state index contributed by atoms with van der Waals surface area (Å²) in [4.78, 5) is 58.4. The lowest BCUT2D eigenvalue weighted by Crippen LogP contribution is -2.63. The van der Waals surface area contributed by atoms with Crippen LogP contribution in [-0.4, -0.2) is 73.3 Å². The van der Waals surface area contributed by atoms with E-state index in [4.69, 9.17) is 9.47 Å². The number of carbonyl (C=O) groups is 4. The van der Waals surface area contributed by atoms with Gasteiger partial charge in [-0.25, -0.2) is 0 Å². The number of carbonyl (C=O) groups excluding carboxylic acids is 4. The molecular weight excluding hydrogens is 636 g/mol. The summed E-state index contributed by atoms with van der Waals surface area (Å²) in [6.45, 7) is 0.924. The molecule has 6 heterocycles. The molecule has 2 fully saturated rings. The highest BCUT2D eigenvalue weighted by atomic mass is 16.6. The number of hydrogen-bond acceptors (Lipinski definition) is 8. The SMILES string of the molecule is CN1c2ccccc2C(=O)N2CC[C@@]3(O[C@H]21)C(=O)Nc1ccccc13.CN1c2ccccc2C(=O)N2CC[C@]3(O[C@@H]21)C(=O)Nc1ccccc13. The van der Waals surface area contributed by atoms with Crippen molar-refractivity contribution in [3.05, 3.63) is 119 Å². The lowest BCUT2D eigenvalue weighted by atomic mass is 9.89. The van der Waals surface area contributed by atoms with Crippen LogP contribution < -0.4 is 20.4 Å². The van der Waals surface area contributed by atoms with Crippen molar-refractivity contribution < 1.29 is 28.7 Å². The second-order valence-corrected chi connectivity index (χ2v) is 13.3. The van der Waals surface area contributed by atoms with E-state index in [9.17, 15) is 19.2 Å². The number of nitrogens with zero attached hydrogens (tertiary/aromatic N) is 4. The van der Waals surface area contributed by atoms with Gasteiger partial charge in [0.1, 0.15) is 0 Å². The number of benzene rings is 4.